The van der Waals surface area contributed by atoms with Gasteiger partial charge in [0.15, 0.2) is 0 Å². The van der Waals surface area contributed by atoms with Crippen LogP contribution in [0.2, 0.25) is 0 Å². The summed E-state index contributed by atoms with van der Waals surface area (Å²) < 4.78 is 71.8. The first-order valence-electron chi connectivity index (χ1n) is 19.0. The van der Waals surface area contributed by atoms with Gasteiger partial charge in [-0.1, -0.05) is 144 Å². The van der Waals surface area contributed by atoms with E-state index in [1.54, 1.807) is 12.1 Å². The molecule has 0 amide bonds. The Morgan fingerprint density at radius 1 is 0.391 bits per heavy atom. The maximum absolute atomic E-state index is 12.8. The molecule has 2 aromatic heterocycles. The highest BCUT2D eigenvalue weighted by Crippen LogP contribution is 2.36. The first kappa shape index (κ1) is 44.6. The molecule has 0 unspecified atom stereocenters. The summed E-state index contributed by atoms with van der Waals surface area (Å²) in [6, 6.07) is 51.0. The molecular weight excluding hydrogens is 925 g/mol. The average Bonchev–Trinajstić information content (AvgIpc) is 3.27. The third-order valence-electron chi connectivity index (χ3n) is 8.76. The van der Waals surface area contributed by atoms with Crippen molar-refractivity contribution in [1.29, 1.82) is 0 Å². The minimum absolute atomic E-state index is 0.0377. The predicted molar refractivity (Wildman–Crippen MR) is 254 cm³/mol. The van der Waals surface area contributed by atoms with Crippen LogP contribution in [0, 0.1) is 0 Å². The first-order chi connectivity index (χ1) is 30.9. The number of anilines is 4. The highest BCUT2D eigenvalue weighted by atomic mass is 32.2. The van der Waals surface area contributed by atoms with Gasteiger partial charge in [-0.15, -0.1) is 0 Å². The van der Waals surface area contributed by atoms with Crippen molar-refractivity contribution in [2.75, 3.05) is 10.6 Å². The molecule has 64 heavy (non-hydrogen) atoms. The smallest absolute Gasteiger partial charge is 0.295 e. The van der Waals surface area contributed by atoms with Gasteiger partial charge < -0.3 is 10.6 Å². The van der Waals surface area contributed by atoms with Crippen molar-refractivity contribution in [2.45, 2.75) is 49.5 Å². The molecule has 12 nitrogen and oxygen atoms in total. The van der Waals surface area contributed by atoms with Crippen LogP contribution in [0.4, 0.5) is 23.3 Å². The summed E-state index contributed by atoms with van der Waals surface area (Å²) in [7, 11) is -9.63. The van der Waals surface area contributed by atoms with E-state index in [1.807, 2.05) is 133 Å². The Morgan fingerprint density at radius 3 is 0.938 bits per heavy atom. The summed E-state index contributed by atoms with van der Waals surface area (Å²) in [6.07, 6.45) is 2.65. The third-order valence-corrected chi connectivity index (χ3v) is 14.3. The number of benzene rings is 6. The molecule has 0 atom stereocenters. The minimum Gasteiger partial charge on any atom is -0.324 e. The Morgan fingerprint density at radius 2 is 0.672 bits per heavy atom. The highest BCUT2D eigenvalue weighted by Gasteiger charge is 2.19. The standard InChI is InChI=1S/C46H34N6O6S6/c53-63(54,55)39-27-33(47-45-49-41(59-35-13-5-1-6-14-35)29-42(50-45)60-36-15-7-2-8-16-36)25-23-31(39)21-22-32-24-26-34(28-40(32)64(56,57)58)48-46-51-43(61-37-17-9-3-10-18-37)30-44(52-46)62-38-19-11-4-12-20-38/h1-30H,(H,47,49,50)(H,48,51,52)(H,53,54,55)(H,56,57,58). The predicted octanol–water partition coefficient (Wildman–Crippen LogP) is 12.0. The fourth-order valence-corrected chi connectivity index (χ4v) is 10.9. The van der Waals surface area contributed by atoms with E-state index in [-0.39, 0.29) is 34.4 Å². The van der Waals surface area contributed by atoms with Gasteiger partial charge in [0.2, 0.25) is 11.9 Å². The maximum atomic E-state index is 12.8. The van der Waals surface area contributed by atoms with Crippen molar-refractivity contribution in [3.63, 3.8) is 0 Å². The van der Waals surface area contributed by atoms with Gasteiger partial charge in [-0.3, -0.25) is 9.11 Å². The van der Waals surface area contributed by atoms with Crippen LogP contribution in [0.5, 0.6) is 0 Å². The van der Waals surface area contributed by atoms with Crippen LogP contribution in [-0.2, 0) is 20.2 Å². The summed E-state index contributed by atoms with van der Waals surface area (Å²) in [6.45, 7) is 0. The largest absolute Gasteiger partial charge is 0.324 e. The van der Waals surface area contributed by atoms with Gasteiger partial charge in [-0.05, 0) is 83.9 Å². The van der Waals surface area contributed by atoms with Crippen LogP contribution in [0.3, 0.4) is 0 Å². The lowest BCUT2D eigenvalue weighted by atomic mass is 10.1. The molecule has 0 aliphatic rings. The number of rotatable bonds is 16. The van der Waals surface area contributed by atoms with E-state index in [4.69, 9.17) is 0 Å². The van der Waals surface area contributed by atoms with E-state index in [9.17, 15) is 25.9 Å². The number of hydrogen-bond donors (Lipinski definition) is 4. The van der Waals surface area contributed by atoms with Crippen LogP contribution in [0.25, 0.3) is 12.2 Å². The van der Waals surface area contributed by atoms with Gasteiger partial charge in [0, 0.05) is 43.1 Å². The molecule has 0 fully saturated rings. The number of hydrogen-bond acceptors (Lipinski definition) is 14. The Labute approximate surface area is 387 Å². The molecule has 0 saturated carbocycles. The van der Waals surface area contributed by atoms with E-state index in [2.05, 4.69) is 30.6 Å². The van der Waals surface area contributed by atoms with Crippen LogP contribution in [0.15, 0.2) is 219 Å². The zero-order valence-electron chi connectivity index (χ0n) is 33.1. The molecule has 320 valence electrons. The van der Waals surface area contributed by atoms with Crippen molar-refractivity contribution in [3.05, 3.63) is 181 Å². The third kappa shape index (κ3) is 12.4. The summed E-state index contributed by atoms with van der Waals surface area (Å²) in [4.78, 5) is 21.6. The molecule has 8 rings (SSSR count). The molecule has 4 N–H and O–H groups in total. The molecule has 0 spiro atoms. The van der Waals surface area contributed by atoms with Crippen LogP contribution in [-0.4, -0.2) is 45.9 Å². The highest BCUT2D eigenvalue weighted by molar-refractivity contribution is 8.00. The van der Waals surface area contributed by atoms with Crippen LogP contribution in [0.1, 0.15) is 11.1 Å². The second kappa shape index (κ2) is 20.3. The van der Waals surface area contributed by atoms with Crippen molar-refractivity contribution in [2.24, 2.45) is 0 Å². The number of nitrogens with zero attached hydrogens (tertiary/aromatic N) is 4. The molecule has 0 radical (unpaired) electrons. The molecule has 8 aromatic rings. The normalized spacial score (nSPS) is 11.7. The van der Waals surface area contributed by atoms with Gasteiger partial charge in [-0.25, -0.2) is 19.9 Å². The van der Waals surface area contributed by atoms with Crippen molar-refractivity contribution < 1.29 is 25.9 Å². The zero-order valence-corrected chi connectivity index (χ0v) is 38.0. The number of nitrogens with one attached hydrogen (secondary N) is 2. The maximum Gasteiger partial charge on any atom is 0.295 e. The summed E-state index contributed by atoms with van der Waals surface area (Å²) in [5.74, 6) is 0.377. The summed E-state index contributed by atoms with van der Waals surface area (Å²) in [5.41, 5.74) is 0.594. The van der Waals surface area contributed by atoms with E-state index in [0.717, 1.165) is 19.6 Å². The first-order valence-corrected chi connectivity index (χ1v) is 25.2. The lowest BCUT2D eigenvalue weighted by Crippen LogP contribution is -2.05. The SMILES string of the molecule is O=S(=O)(O)c1cc(Nc2nc(Sc3ccccc3)cc(Sc3ccccc3)n2)ccc1C=Cc1ccc(Nc2nc(Sc3ccccc3)cc(Sc3ccccc3)n2)cc1S(=O)(=O)O. The lowest BCUT2D eigenvalue weighted by molar-refractivity contribution is 0.480. The van der Waals surface area contributed by atoms with Crippen LogP contribution >= 0.6 is 47.0 Å². The second-order valence-electron chi connectivity index (χ2n) is 13.4. The monoisotopic (exact) mass is 958 g/mol. The quantitative estimate of drug-likeness (QED) is 0.0407. The van der Waals surface area contributed by atoms with E-state index in [0.29, 0.717) is 20.1 Å². The van der Waals surface area contributed by atoms with Gasteiger partial charge >= 0.3 is 0 Å². The fourth-order valence-electron chi connectivity index (χ4n) is 5.95. The van der Waals surface area contributed by atoms with Crippen molar-refractivity contribution in [1.82, 2.24) is 19.9 Å². The summed E-state index contributed by atoms with van der Waals surface area (Å²) in [5, 5.41) is 8.71. The Bertz CT molecular complexity index is 2840. The molecular formula is C46H34N6O6S6. The van der Waals surface area contributed by atoms with Gasteiger partial charge in [-0.2, -0.15) is 16.8 Å². The van der Waals surface area contributed by atoms with Crippen LogP contribution < -0.4 is 10.6 Å². The van der Waals surface area contributed by atoms with Gasteiger partial charge in [0.05, 0.1) is 0 Å². The van der Waals surface area contributed by atoms with Gasteiger partial charge in [0.1, 0.15) is 29.9 Å². The number of aromatic nitrogens is 4. The Balaban J connectivity index is 1.07. The van der Waals surface area contributed by atoms with Crippen molar-refractivity contribution in [3.8, 4) is 0 Å². The zero-order chi connectivity index (χ0) is 44.5. The summed E-state index contributed by atoms with van der Waals surface area (Å²) >= 11 is 5.74. The molecule has 0 bridgehead atoms. The topological polar surface area (TPSA) is 184 Å². The van der Waals surface area contributed by atoms with E-state index < -0.39 is 30.0 Å². The lowest BCUT2D eigenvalue weighted by Gasteiger charge is -2.12. The molecule has 0 saturated heterocycles. The second-order valence-corrected chi connectivity index (χ2v) is 20.6. The minimum atomic E-state index is -4.81. The Kier molecular flexibility index (Phi) is 14.1. The molecule has 6 aromatic carbocycles. The average molecular weight is 959 g/mol. The molecule has 18 heteroatoms. The van der Waals surface area contributed by atoms with Gasteiger partial charge in [0.25, 0.3) is 20.2 Å². The molecule has 0 aliphatic carbocycles. The van der Waals surface area contributed by atoms with E-state index in [1.165, 1.54) is 83.5 Å². The fraction of sp³-hybridized carbons (Fsp3) is 0. The molecule has 2 heterocycles. The van der Waals surface area contributed by atoms with Crippen molar-refractivity contribution >= 4 is 103 Å². The van der Waals surface area contributed by atoms with E-state index >= 15 is 0 Å². The molecule has 0 aliphatic heterocycles. The Hall–Kier alpha value is -5.96.